The number of halogens is 1. The highest BCUT2D eigenvalue weighted by Gasteiger charge is 2.17. The molecule has 0 radical (unpaired) electrons. The molecular formula is C20H21ClN2O2. The SMILES string of the molecule is Cc1ccc(Cl)cc1CNC(=O)CCCc1ccc2c(c1)CC(=O)N2. The van der Waals surface area contributed by atoms with Gasteiger partial charge in [-0.2, -0.15) is 0 Å². The van der Waals surface area contributed by atoms with Crippen LogP contribution in [0.15, 0.2) is 36.4 Å². The third-order valence-electron chi connectivity index (χ3n) is 4.45. The summed E-state index contributed by atoms with van der Waals surface area (Å²) in [6, 6.07) is 11.7. The summed E-state index contributed by atoms with van der Waals surface area (Å²) in [5, 5.41) is 6.46. The van der Waals surface area contributed by atoms with E-state index in [0.29, 0.717) is 24.4 Å². The Bertz CT molecular complexity index is 817. The van der Waals surface area contributed by atoms with Crippen LogP contribution in [0.5, 0.6) is 0 Å². The van der Waals surface area contributed by atoms with Gasteiger partial charge in [-0.25, -0.2) is 0 Å². The van der Waals surface area contributed by atoms with Crippen LogP contribution >= 0.6 is 11.6 Å². The van der Waals surface area contributed by atoms with Gasteiger partial charge in [-0.3, -0.25) is 9.59 Å². The zero-order chi connectivity index (χ0) is 17.8. The van der Waals surface area contributed by atoms with Crippen molar-refractivity contribution < 1.29 is 9.59 Å². The molecular weight excluding hydrogens is 336 g/mol. The van der Waals surface area contributed by atoms with Crippen molar-refractivity contribution in [1.29, 1.82) is 0 Å². The minimum Gasteiger partial charge on any atom is -0.352 e. The molecule has 0 aliphatic carbocycles. The second-order valence-corrected chi connectivity index (χ2v) is 6.85. The molecule has 2 amide bonds. The van der Waals surface area contributed by atoms with Gasteiger partial charge < -0.3 is 10.6 Å². The molecule has 5 heteroatoms. The molecule has 0 spiro atoms. The van der Waals surface area contributed by atoms with Crippen molar-refractivity contribution in [3.05, 3.63) is 63.7 Å². The highest BCUT2D eigenvalue weighted by molar-refractivity contribution is 6.30. The first kappa shape index (κ1) is 17.5. The first-order valence-corrected chi connectivity index (χ1v) is 8.82. The van der Waals surface area contributed by atoms with Crippen LogP contribution < -0.4 is 10.6 Å². The van der Waals surface area contributed by atoms with Crippen LogP contribution in [-0.4, -0.2) is 11.8 Å². The molecule has 0 saturated carbocycles. The molecule has 1 aliphatic heterocycles. The molecule has 0 saturated heterocycles. The molecule has 25 heavy (non-hydrogen) atoms. The monoisotopic (exact) mass is 356 g/mol. The van der Waals surface area contributed by atoms with E-state index in [1.54, 1.807) is 0 Å². The van der Waals surface area contributed by atoms with Gasteiger partial charge in [0.15, 0.2) is 0 Å². The van der Waals surface area contributed by atoms with Gasteiger partial charge >= 0.3 is 0 Å². The lowest BCUT2D eigenvalue weighted by molar-refractivity contribution is -0.121. The summed E-state index contributed by atoms with van der Waals surface area (Å²) in [6.45, 7) is 2.50. The molecule has 1 aliphatic rings. The molecule has 1 heterocycles. The van der Waals surface area contributed by atoms with Crippen molar-refractivity contribution in [3.63, 3.8) is 0 Å². The molecule has 2 N–H and O–H groups in total. The number of fused-ring (bicyclic) bond motifs is 1. The van der Waals surface area contributed by atoms with E-state index in [-0.39, 0.29) is 11.8 Å². The Hall–Kier alpha value is -2.33. The Kier molecular flexibility index (Phi) is 5.39. The number of aryl methyl sites for hydroxylation is 2. The number of carbonyl (C=O) groups excluding carboxylic acids is 2. The fraction of sp³-hybridized carbons (Fsp3) is 0.300. The average molecular weight is 357 g/mol. The predicted molar refractivity (Wildman–Crippen MR) is 99.7 cm³/mol. The molecule has 130 valence electrons. The molecule has 2 aromatic rings. The number of carbonyl (C=O) groups is 2. The van der Waals surface area contributed by atoms with Crippen LogP contribution in [-0.2, 0) is 29.0 Å². The first-order chi connectivity index (χ1) is 12.0. The summed E-state index contributed by atoms with van der Waals surface area (Å²) in [7, 11) is 0. The lowest BCUT2D eigenvalue weighted by Crippen LogP contribution is -2.22. The number of nitrogens with one attached hydrogen (secondary N) is 2. The molecule has 0 bridgehead atoms. The summed E-state index contributed by atoms with van der Waals surface area (Å²) in [5.74, 6) is 0.0835. The number of rotatable bonds is 6. The Labute approximate surface area is 152 Å². The van der Waals surface area contributed by atoms with E-state index in [9.17, 15) is 9.59 Å². The van der Waals surface area contributed by atoms with E-state index in [1.165, 1.54) is 0 Å². The normalized spacial score (nSPS) is 12.6. The van der Waals surface area contributed by atoms with Crippen molar-refractivity contribution >= 4 is 29.1 Å². The summed E-state index contributed by atoms with van der Waals surface area (Å²) < 4.78 is 0. The molecule has 0 unspecified atom stereocenters. The highest BCUT2D eigenvalue weighted by atomic mass is 35.5. The standard InChI is InChI=1S/C20H21ClN2O2/c1-13-5-7-17(21)10-16(13)12-22-19(24)4-2-3-14-6-8-18-15(9-14)11-20(25)23-18/h5-10H,2-4,11-12H2,1H3,(H,22,24)(H,23,25). The maximum atomic E-state index is 12.0. The van der Waals surface area contributed by atoms with Crippen molar-refractivity contribution in [2.45, 2.75) is 39.2 Å². The predicted octanol–water partition coefficient (Wildman–Crippen LogP) is 3.78. The Morgan fingerprint density at radius 1 is 1.24 bits per heavy atom. The lowest BCUT2D eigenvalue weighted by atomic mass is 10.0. The number of hydrogen-bond acceptors (Lipinski definition) is 2. The number of hydrogen-bond donors (Lipinski definition) is 2. The zero-order valence-electron chi connectivity index (χ0n) is 14.2. The van der Waals surface area contributed by atoms with E-state index < -0.39 is 0 Å². The van der Waals surface area contributed by atoms with E-state index in [4.69, 9.17) is 11.6 Å². The van der Waals surface area contributed by atoms with Crippen LogP contribution in [0.2, 0.25) is 5.02 Å². The van der Waals surface area contributed by atoms with Gasteiger partial charge in [0.05, 0.1) is 6.42 Å². The van der Waals surface area contributed by atoms with Gasteiger partial charge in [-0.05, 0) is 60.2 Å². The minimum atomic E-state index is 0.0392. The second-order valence-electron chi connectivity index (χ2n) is 6.42. The Balaban J connectivity index is 1.45. The Morgan fingerprint density at radius 2 is 2.08 bits per heavy atom. The summed E-state index contributed by atoms with van der Waals surface area (Å²) >= 11 is 5.99. The molecule has 3 rings (SSSR count). The van der Waals surface area contributed by atoms with E-state index >= 15 is 0 Å². The summed E-state index contributed by atoms with van der Waals surface area (Å²) in [4.78, 5) is 23.4. The van der Waals surface area contributed by atoms with Gasteiger partial charge in [0.1, 0.15) is 0 Å². The molecule has 2 aromatic carbocycles. The third-order valence-corrected chi connectivity index (χ3v) is 4.69. The topological polar surface area (TPSA) is 58.2 Å². The van der Waals surface area contributed by atoms with Crippen LogP contribution in [0.3, 0.4) is 0 Å². The summed E-state index contributed by atoms with van der Waals surface area (Å²) in [6.07, 6.45) is 2.53. The zero-order valence-corrected chi connectivity index (χ0v) is 15.0. The van der Waals surface area contributed by atoms with Gasteiger partial charge in [0, 0.05) is 23.7 Å². The number of anilines is 1. The van der Waals surface area contributed by atoms with Gasteiger partial charge in [-0.1, -0.05) is 29.8 Å². The van der Waals surface area contributed by atoms with Crippen molar-refractivity contribution in [2.24, 2.45) is 0 Å². The molecule has 0 aromatic heterocycles. The van der Waals surface area contributed by atoms with Crippen molar-refractivity contribution in [1.82, 2.24) is 5.32 Å². The maximum Gasteiger partial charge on any atom is 0.228 e. The van der Waals surface area contributed by atoms with Crippen LogP contribution in [0.25, 0.3) is 0 Å². The lowest BCUT2D eigenvalue weighted by Gasteiger charge is -2.09. The maximum absolute atomic E-state index is 12.0. The van der Waals surface area contributed by atoms with Crippen LogP contribution in [0.4, 0.5) is 5.69 Å². The first-order valence-electron chi connectivity index (χ1n) is 8.44. The van der Waals surface area contributed by atoms with E-state index in [2.05, 4.69) is 16.7 Å². The number of amides is 2. The highest BCUT2D eigenvalue weighted by Crippen LogP contribution is 2.24. The van der Waals surface area contributed by atoms with Crippen LogP contribution in [0.1, 0.15) is 35.1 Å². The smallest absolute Gasteiger partial charge is 0.228 e. The second kappa shape index (κ2) is 7.70. The quantitative estimate of drug-likeness (QED) is 0.827. The average Bonchev–Trinajstić information content (AvgIpc) is 2.95. The van der Waals surface area contributed by atoms with E-state index in [1.807, 2.05) is 37.3 Å². The number of benzene rings is 2. The summed E-state index contributed by atoms with van der Waals surface area (Å²) in [5.41, 5.74) is 5.27. The van der Waals surface area contributed by atoms with Crippen molar-refractivity contribution in [3.8, 4) is 0 Å². The van der Waals surface area contributed by atoms with Gasteiger partial charge in [-0.15, -0.1) is 0 Å². The molecule has 0 atom stereocenters. The molecule has 0 fully saturated rings. The van der Waals surface area contributed by atoms with E-state index in [0.717, 1.165) is 40.8 Å². The Morgan fingerprint density at radius 3 is 2.92 bits per heavy atom. The fourth-order valence-electron chi connectivity index (χ4n) is 3.00. The van der Waals surface area contributed by atoms with Crippen LogP contribution in [0, 0.1) is 6.92 Å². The minimum absolute atomic E-state index is 0.0392. The fourth-order valence-corrected chi connectivity index (χ4v) is 3.20. The molecule has 4 nitrogen and oxygen atoms in total. The van der Waals surface area contributed by atoms with Crippen molar-refractivity contribution in [2.75, 3.05) is 5.32 Å². The van der Waals surface area contributed by atoms with Gasteiger partial charge in [0.2, 0.25) is 11.8 Å². The van der Waals surface area contributed by atoms with Gasteiger partial charge in [0.25, 0.3) is 0 Å². The third kappa shape index (κ3) is 4.60. The largest absolute Gasteiger partial charge is 0.352 e.